The molecule has 2 aromatic rings. The minimum atomic E-state index is -0.218. The summed E-state index contributed by atoms with van der Waals surface area (Å²) in [6.45, 7) is 3.99. The zero-order valence-corrected chi connectivity index (χ0v) is 8.45. The molecule has 2 heterocycles. The second kappa shape index (κ2) is 3.10. The Kier molecular flexibility index (Phi) is 2.04. The lowest BCUT2D eigenvalue weighted by Crippen LogP contribution is -2.34. The van der Waals surface area contributed by atoms with Crippen molar-refractivity contribution in [1.82, 2.24) is 4.98 Å². The highest BCUT2D eigenvalue weighted by atomic mass is 16.3. The maximum atomic E-state index is 5.92. The van der Waals surface area contributed by atoms with Gasteiger partial charge >= 0.3 is 0 Å². The van der Waals surface area contributed by atoms with Crippen molar-refractivity contribution in [2.75, 3.05) is 0 Å². The van der Waals surface area contributed by atoms with Crippen molar-refractivity contribution in [3.05, 3.63) is 30.3 Å². The van der Waals surface area contributed by atoms with Crippen molar-refractivity contribution in [1.29, 1.82) is 0 Å². The van der Waals surface area contributed by atoms with Gasteiger partial charge in [0.25, 0.3) is 0 Å². The zero-order chi connectivity index (χ0) is 10.2. The summed E-state index contributed by atoms with van der Waals surface area (Å²) >= 11 is 0. The van der Waals surface area contributed by atoms with Crippen molar-refractivity contribution >= 4 is 11.0 Å². The van der Waals surface area contributed by atoms with Gasteiger partial charge in [0.1, 0.15) is 0 Å². The van der Waals surface area contributed by atoms with Gasteiger partial charge in [0.05, 0.1) is 12.5 Å². The molecule has 74 valence electrons. The highest BCUT2D eigenvalue weighted by Crippen LogP contribution is 2.17. The van der Waals surface area contributed by atoms with E-state index in [-0.39, 0.29) is 5.54 Å². The molecular weight excluding hydrogens is 176 g/mol. The van der Waals surface area contributed by atoms with Crippen LogP contribution in [0.1, 0.15) is 19.5 Å². The van der Waals surface area contributed by atoms with Crippen LogP contribution in [0.4, 0.5) is 0 Å². The summed E-state index contributed by atoms with van der Waals surface area (Å²) in [4.78, 5) is 4.29. The molecule has 0 aliphatic rings. The summed E-state index contributed by atoms with van der Waals surface area (Å²) < 4.78 is 5.21. The van der Waals surface area contributed by atoms with Crippen molar-refractivity contribution in [3.63, 3.8) is 0 Å². The molecule has 0 saturated heterocycles. The molecule has 0 atom stereocenters. The van der Waals surface area contributed by atoms with E-state index in [0.29, 0.717) is 0 Å². The number of furan rings is 1. The van der Waals surface area contributed by atoms with E-state index < -0.39 is 0 Å². The van der Waals surface area contributed by atoms with Crippen molar-refractivity contribution < 1.29 is 4.42 Å². The molecule has 0 saturated carbocycles. The fourth-order valence-corrected chi connectivity index (χ4v) is 1.48. The minimum Gasteiger partial charge on any atom is -0.463 e. The smallest absolute Gasteiger partial charge is 0.152 e. The lowest BCUT2D eigenvalue weighted by Gasteiger charge is -2.17. The molecule has 0 unspecified atom stereocenters. The molecule has 2 N–H and O–H groups in total. The molecule has 2 aromatic heterocycles. The van der Waals surface area contributed by atoms with Crippen LogP contribution in [0.5, 0.6) is 0 Å². The van der Waals surface area contributed by atoms with Gasteiger partial charge in [0.15, 0.2) is 5.58 Å². The average molecular weight is 190 g/mol. The molecule has 0 aromatic carbocycles. The van der Waals surface area contributed by atoms with E-state index in [2.05, 4.69) is 4.98 Å². The number of fused-ring (bicyclic) bond motifs is 1. The van der Waals surface area contributed by atoms with Crippen LogP contribution >= 0.6 is 0 Å². The van der Waals surface area contributed by atoms with Gasteiger partial charge in [0, 0.05) is 23.0 Å². The average Bonchev–Trinajstić information content (AvgIpc) is 2.47. The van der Waals surface area contributed by atoms with Crippen LogP contribution < -0.4 is 5.73 Å². The molecule has 14 heavy (non-hydrogen) atoms. The van der Waals surface area contributed by atoms with Crippen LogP contribution in [-0.2, 0) is 6.42 Å². The molecule has 0 fully saturated rings. The summed E-state index contributed by atoms with van der Waals surface area (Å²) in [5.74, 6) is 0. The lowest BCUT2D eigenvalue weighted by atomic mass is 9.99. The molecule has 3 nitrogen and oxygen atoms in total. The van der Waals surface area contributed by atoms with Gasteiger partial charge in [-0.15, -0.1) is 0 Å². The standard InChI is InChI=1S/C11H14N2O/c1-11(2,12)6-9-5-8-3-4-14-10(8)7-13-9/h3-5,7H,6,12H2,1-2H3. The number of rotatable bonds is 2. The summed E-state index contributed by atoms with van der Waals surface area (Å²) in [6.07, 6.45) is 4.19. The molecule has 0 amide bonds. The van der Waals surface area contributed by atoms with E-state index in [0.717, 1.165) is 23.1 Å². The third-order valence-electron chi connectivity index (χ3n) is 2.03. The van der Waals surface area contributed by atoms with Gasteiger partial charge in [0.2, 0.25) is 0 Å². The molecular formula is C11H14N2O. The normalized spacial score (nSPS) is 12.2. The lowest BCUT2D eigenvalue weighted by molar-refractivity contribution is 0.510. The fraction of sp³-hybridized carbons (Fsp3) is 0.364. The molecule has 0 spiro atoms. The monoisotopic (exact) mass is 190 g/mol. The SMILES string of the molecule is CC(C)(N)Cc1cc2ccoc2cn1. The highest BCUT2D eigenvalue weighted by molar-refractivity contribution is 5.76. The number of aromatic nitrogens is 1. The predicted octanol–water partition coefficient (Wildman–Crippen LogP) is 2.11. The van der Waals surface area contributed by atoms with E-state index in [1.807, 2.05) is 26.0 Å². The Labute approximate surface area is 82.9 Å². The molecule has 0 bridgehead atoms. The summed E-state index contributed by atoms with van der Waals surface area (Å²) in [7, 11) is 0. The number of nitrogens with two attached hydrogens (primary N) is 1. The second-order valence-electron chi connectivity index (χ2n) is 4.30. The van der Waals surface area contributed by atoms with Crippen LogP contribution in [-0.4, -0.2) is 10.5 Å². The first-order valence-corrected chi connectivity index (χ1v) is 4.66. The maximum Gasteiger partial charge on any atom is 0.152 e. The van der Waals surface area contributed by atoms with E-state index in [1.54, 1.807) is 12.5 Å². The Bertz CT molecular complexity index is 440. The van der Waals surface area contributed by atoms with Crippen LogP contribution in [0, 0.1) is 0 Å². The third-order valence-corrected chi connectivity index (χ3v) is 2.03. The maximum absolute atomic E-state index is 5.92. The first-order chi connectivity index (χ1) is 6.54. The molecule has 2 rings (SSSR count). The fourth-order valence-electron chi connectivity index (χ4n) is 1.48. The van der Waals surface area contributed by atoms with Crippen LogP contribution in [0.25, 0.3) is 11.0 Å². The predicted molar refractivity (Wildman–Crippen MR) is 56.0 cm³/mol. The zero-order valence-electron chi connectivity index (χ0n) is 8.45. The highest BCUT2D eigenvalue weighted by Gasteiger charge is 2.13. The number of hydrogen-bond donors (Lipinski definition) is 1. The number of pyridine rings is 1. The van der Waals surface area contributed by atoms with Gasteiger partial charge in [-0.1, -0.05) is 0 Å². The van der Waals surface area contributed by atoms with Gasteiger partial charge in [-0.2, -0.15) is 0 Å². The number of hydrogen-bond acceptors (Lipinski definition) is 3. The van der Waals surface area contributed by atoms with E-state index >= 15 is 0 Å². The Morgan fingerprint density at radius 3 is 3.00 bits per heavy atom. The third kappa shape index (κ3) is 1.93. The van der Waals surface area contributed by atoms with Crippen molar-refractivity contribution in [2.24, 2.45) is 5.73 Å². The van der Waals surface area contributed by atoms with Crippen molar-refractivity contribution in [2.45, 2.75) is 25.8 Å². The molecule has 0 aliphatic carbocycles. The minimum absolute atomic E-state index is 0.218. The first kappa shape index (κ1) is 9.21. The Morgan fingerprint density at radius 2 is 2.29 bits per heavy atom. The summed E-state index contributed by atoms with van der Waals surface area (Å²) in [5, 5.41) is 1.08. The quantitative estimate of drug-likeness (QED) is 0.789. The Morgan fingerprint density at radius 1 is 1.50 bits per heavy atom. The first-order valence-electron chi connectivity index (χ1n) is 4.66. The molecule has 0 radical (unpaired) electrons. The summed E-state index contributed by atoms with van der Waals surface area (Å²) in [6, 6.07) is 3.96. The van der Waals surface area contributed by atoms with E-state index in [4.69, 9.17) is 10.2 Å². The van der Waals surface area contributed by atoms with E-state index in [1.165, 1.54) is 0 Å². The number of nitrogens with zero attached hydrogens (tertiary/aromatic N) is 1. The van der Waals surface area contributed by atoms with Crippen molar-refractivity contribution in [3.8, 4) is 0 Å². The van der Waals surface area contributed by atoms with Gasteiger partial charge < -0.3 is 10.2 Å². The van der Waals surface area contributed by atoms with Crippen LogP contribution in [0.15, 0.2) is 29.0 Å². The largest absolute Gasteiger partial charge is 0.463 e. The molecule has 3 heteroatoms. The van der Waals surface area contributed by atoms with Crippen LogP contribution in [0.2, 0.25) is 0 Å². The van der Waals surface area contributed by atoms with Gasteiger partial charge in [-0.25, -0.2) is 0 Å². The van der Waals surface area contributed by atoms with Gasteiger partial charge in [-0.3, -0.25) is 4.98 Å². The van der Waals surface area contributed by atoms with E-state index in [9.17, 15) is 0 Å². The molecule has 0 aliphatic heterocycles. The Hall–Kier alpha value is -1.35. The topological polar surface area (TPSA) is 52.0 Å². The van der Waals surface area contributed by atoms with Gasteiger partial charge in [-0.05, 0) is 26.0 Å². The Balaban J connectivity index is 2.35. The van der Waals surface area contributed by atoms with Crippen LogP contribution in [0.3, 0.4) is 0 Å². The second-order valence-corrected chi connectivity index (χ2v) is 4.30. The summed E-state index contributed by atoms with van der Waals surface area (Å²) in [5.41, 5.74) is 7.53.